The first kappa shape index (κ1) is 15.2. The van der Waals surface area contributed by atoms with E-state index in [0.29, 0.717) is 17.8 Å². The summed E-state index contributed by atoms with van der Waals surface area (Å²) < 4.78 is 13.0. The van der Waals surface area contributed by atoms with E-state index in [4.69, 9.17) is 0 Å². The van der Waals surface area contributed by atoms with Gasteiger partial charge in [0.2, 0.25) is 5.91 Å². The number of rotatable bonds is 6. The van der Waals surface area contributed by atoms with Gasteiger partial charge in [-0.15, -0.1) is 11.3 Å². The van der Waals surface area contributed by atoms with Crippen molar-refractivity contribution >= 4 is 23.2 Å². The molecule has 0 aliphatic carbocycles. The van der Waals surface area contributed by atoms with Crippen LogP contribution in [0, 0.1) is 5.82 Å². The van der Waals surface area contributed by atoms with E-state index in [1.165, 1.54) is 23.5 Å². The van der Waals surface area contributed by atoms with Gasteiger partial charge in [0.15, 0.2) is 0 Å². The van der Waals surface area contributed by atoms with Gasteiger partial charge in [-0.1, -0.05) is 18.2 Å². The van der Waals surface area contributed by atoms with Crippen LogP contribution in [-0.4, -0.2) is 24.9 Å². The SMILES string of the molecule is O=C(CNC(=O)c1cccs1)NCCc1cccc(F)c1. The number of benzene rings is 1. The minimum atomic E-state index is -0.290. The van der Waals surface area contributed by atoms with Crippen LogP contribution >= 0.6 is 11.3 Å². The molecule has 0 spiro atoms. The fourth-order valence-electron chi connectivity index (χ4n) is 1.76. The second kappa shape index (κ2) is 7.54. The van der Waals surface area contributed by atoms with Gasteiger partial charge in [0.25, 0.3) is 5.91 Å². The van der Waals surface area contributed by atoms with Crippen LogP contribution in [0.25, 0.3) is 0 Å². The Morgan fingerprint density at radius 3 is 2.71 bits per heavy atom. The summed E-state index contributed by atoms with van der Waals surface area (Å²) in [4.78, 5) is 23.8. The Hall–Kier alpha value is -2.21. The lowest BCUT2D eigenvalue weighted by atomic mass is 10.1. The minimum Gasteiger partial charge on any atom is -0.354 e. The first-order valence-electron chi connectivity index (χ1n) is 6.48. The van der Waals surface area contributed by atoms with Crippen LogP contribution in [0.4, 0.5) is 4.39 Å². The van der Waals surface area contributed by atoms with E-state index in [1.54, 1.807) is 29.6 Å². The summed E-state index contributed by atoms with van der Waals surface area (Å²) >= 11 is 1.32. The molecule has 0 bridgehead atoms. The second-order valence-electron chi connectivity index (χ2n) is 4.39. The number of hydrogen-bond donors (Lipinski definition) is 2. The topological polar surface area (TPSA) is 58.2 Å². The van der Waals surface area contributed by atoms with Crippen LogP contribution in [0.1, 0.15) is 15.2 Å². The predicted octanol–water partition coefficient (Wildman–Crippen LogP) is 1.98. The zero-order valence-corrected chi connectivity index (χ0v) is 12.1. The van der Waals surface area contributed by atoms with Crippen molar-refractivity contribution in [3.05, 3.63) is 58.0 Å². The van der Waals surface area contributed by atoms with Crippen molar-refractivity contribution in [2.75, 3.05) is 13.1 Å². The summed E-state index contributed by atoms with van der Waals surface area (Å²) in [5, 5.41) is 7.02. The molecule has 0 saturated heterocycles. The Morgan fingerprint density at radius 1 is 1.14 bits per heavy atom. The molecule has 0 radical (unpaired) electrons. The van der Waals surface area contributed by atoms with Gasteiger partial charge < -0.3 is 10.6 Å². The predicted molar refractivity (Wildman–Crippen MR) is 79.8 cm³/mol. The third-order valence-electron chi connectivity index (χ3n) is 2.78. The molecule has 0 fully saturated rings. The molecule has 0 aliphatic heterocycles. The summed E-state index contributed by atoms with van der Waals surface area (Å²) in [5.41, 5.74) is 0.818. The first-order chi connectivity index (χ1) is 10.1. The van der Waals surface area contributed by atoms with E-state index in [-0.39, 0.29) is 24.2 Å². The molecule has 2 amide bonds. The summed E-state index contributed by atoms with van der Waals surface area (Å²) in [6.45, 7) is 0.330. The highest BCUT2D eigenvalue weighted by atomic mass is 32.1. The summed E-state index contributed by atoms with van der Waals surface area (Å²) in [5.74, 6) is -0.816. The molecule has 21 heavy (non-hydrogen) atoms. The lowest BCUT2D eigenvalue weighted by molar-refractivity contribution is -0.120. The second-order valence-corrected chi connectivity index (χ2v) is 5.34. The van der Waals surface area contributed by atoms with Gasteiger partial charge in [0.05, 0.1) is 11.4 Å². The molecular formula is C15H15FN2O2S. The Bertz CT molecular complexity index is 614. The highest BCUT2D eigenvalue weighted by Gasteiger charge is 2.08. The maximum absolute atomic E-state index is 13.0. The van der Waals surface area contributed by atoms with Gasteiger partial charge in [-0.25, -0.2) is 4.39 Å². The van der Waals surface area contributed by atoms with Gasteiger partial charge in [-0.05, 0) is 35.6 Å². The van der Waals surface area contributed by atoms with E-state index >= 15 is 0 Å². The number of hydrogen-bond acceptors (Lipinski definition) is 3. The molecule has 4 nitrogen and oxygen atoms in total. The first-order valence-corrected chi connectivity index (χ1v) is 7.36. The van der Waals surface area contributed by atoms with Gasteiger partial charge in [0, 0.05) is 6.54 Å². The van der Waals surface area contributed by atoms with Crippen molar-refractivity contribution in [2.45, 2.75) is 6.42 Å². The largest absolute Gasteiger partial charge is 0.354 e. The van der Waals surface area contributed by atoms with Crippen molar-refractivity contribution in [3.8, 4) is 0 Å². The number of thiophene rings is 1. The van der Waals surface area contributed by atoms with Gasteiger partial charge in [-0.2, -0.15) is 0 Å². The highest BCUT2D eigenvalue weighted by molar-refractivity contribution is 7.12. The third kappa shape index (κ3) is 5.00. The van der Waals surface area contributed by atoms with Crippen molar-refractivity contribution in [2.24, 2.45) is 0 Å². The molecule has 0 aliphatic rings. The molecule has 6 heteroatoms. The van der Waals surface area contributed by atoms with Crippen molar-refractivity contribution in [1.29, 1.82) is 0 Å². The summed E-state index contributed by atoms with van der Waals surface area (Å²) in [7, 11) is 0. The fraction of sp³-hybridized carbons (Fsp3) is 0.200. The Labute approximate surface area is 126 Å². The average molecular weight is 306 g/mol. The monoisotopic (exact) mass is 306 g/mol. The number of halogens is 1. The zero-order chi connectivity index (χ0) is 15.1. The maximum Gasteiger partial charge on any atom is 0.261 e. The minimum absolute atomic E-state index is 0.0696. The number of amides is 2. The van der Waals surface area contributed by atoms with Crippen LogP contribution < -0.4 is 10.6 Å². The van der Waals surface area contributed by atoms with Gasteiger partial charge in [-0.3, -0.25) is 9.59 Å². The molecule has 1 heterocycles. The van der Waals surface area contributed by atoms with Crippen molar-refractivity contribution in [1.82, 2.24) is 10.6 Å². The van der Waals surface area contributed by atoms with E-state index in [0.717, 1.165) is 5.56 Å². The van der Waals surface area contributed by atoms with E-state index in [9.17, 15) is 14.0 Å². The van der Waals surface area contributed by atoms with Gasteiger partial charge >= 0.3 is 0 Å². The molecule has 2 aromatic rings. The molecule has 2 rings (SSSR count). The van der Waals surface area contributed by atoms with Crippen LogP contribution in [0.15, 0.2) is 41.8 Å². The quantitative estimate of drug-likeness (QED) is 0.857. The number of nitrogens with one attached hydrogen (secondary N) is 2. The third-order valence-corrected chi connectivity index (χ3v) is 3.65. The molecule has 2 N–H and O–H groups in total. The zero-order valence-electron chi connectivity index (χ0n) is 11.3. The molecule has 1 aromatic carbocycles. The summed E-state index contributed by atoms with van der Waals surface area (Å²) in [6.07, 6.45) is 0.544. The molecule has 0 atom stereocenters. The van der Waals surface area contributed by atoms with Gasteiger partial charge in [0.1, 0.15) is 5.82 Å². The molecule has 110 valence electrons. The van der Waals surface area contributed by atoms with Crippen molar-refractivity contribution < 1.29 is 14.0 Å². The molecule has 1 aromatic heterocycles. The van der Waals surface area contributed by atoms with Crippen LogP contribution in [0.5, 0.6) is 0 Å². The number of carbonyl (C=O) groups excluding carboxylic acids is 2. The Kier molecular flexibility index (Phi) is 5.45. The van der Waals surface area contributed by atoms with E-state index in [1.807, 2.05) is 0 Å². The smallest absolute Gasteiger partial charge is 0.261 e. The summed E-state index contributed by atoms with van der Waals surface area (Å²) in [6, 6.07) is 9.72. The van der Waals surface area contributed by atoms with Crippen LogP contribution in [0.2, 0.25) is 0 Å². The normalized spacial score (nSPS) is 10.1. The number of carbonyl (C=O) groups is 2. The van der Waals surface area contributed by atoms with E-state index < -0.39 is 0 Å². The Morgan fingerprint density at radius 2 is 2.00 bits per heavy atom. The lowest BCUT2D eigenvalue weighted by Gasteiger charge is -2.06. The van der Waals surface area contributed by atoms with Crippen LogP contribution in [0.3, 0.4) is 0 Å². The highest BCUT2D eigenvalue weighted by Crippen LogP contribution is 2.07. The lowest BCUT2D eigenvalue weighted by Crippen LogP contribution is -2.37. The standard InChI is InChI=1S/C15H15FN2O2S/c16-12-4-1-3-11(9-12)6-7-17-14(19)10-18-15(20)13-5-2-8-21-13/h1-5,8-9H,6-7,10H2,(H,17,19)(H,18,20). The maximum atomic E-state index is 13.0. The molecular weight excluding hydrogens is 291 g/mol. The average Bonchev–Trinajstić information content (AvgIpc) is 2.99. The van der Waals surface area contributed by atoms with E-state index in [2.05, 4.69) is 10.6 Å². The Balaban J connectivity index is 1.67. The fourth-order valence-corrected chi connectivity index (χ4v) is 2.40. The van der Waals surface area contributed by atoms with Crippen molar-refractivity contribution in [3.63, 3.8) is 0 Å². The molecule has 0 unspecified atom stereocenters. The van der Waals surface area contributed by atoms with Crippen LogP contribution in [-0.2, 0) is 11.2 Å². The molecule has 0 saturated carbocycles.